The van der Waals surface area contributed by atoms with Crippen LogP contribution in [-0.4, -0.2) is 54.1 Å². The standard InChI is InChI=1S/C22H31N3O3/c1-4-28-21(26)22(12-14-27-3)11-8-13-25(17-22)16-19-15-24(2)23-20(19)18-9-6-5-7-10-18/h5-7,9-10,15H,4,8,11-14,16-17H2,1-3H3/t22-/m0/s1. The van der Waals surface area contributed by atoms with Gasteiger partial charge in [-0.15, -0.1) is 0 Å². The van der Waals surface area contributed by atoms with Crippen LogP contribution in [-0.2, 0) is 27.9 Å². The number of carbonyl (C=O) groups is 1. The number of aryl methyl sites for hydroxylation is 1. The number of hydrogen-bond acceptors (Lipinski definition) is 5. The third-order valence-corrected chi connectivity index (χ3v) is 5.49. The van der Waals surface area contributed by atoms with E-state index in [9.17, 15) is 4.79 Å². The third kappa shape index (κ3) is 4.62. The zero-order chi connectivity index (χ0) is 20.0. The summed E-state index contributed by atoms with van der Waals surface area (Å²) in [6, 6.07) is 10.3. The van der Waals surface area contributed by atoms with Crippen LogP contribution in [0.2, 0.25) is 0 Å². The molecule has 1 aromatic carbocycles. The molecule has 28 heavy (non-hydrogen) atoms. The molecular formula is C22H31N3O3. The molecule has 1 aliphatic heterocycles. The van der Waals surface area contributed by atoms with E-state index < -0.39 is 5.41 Å². The fourth-order valence-corrected chi connectivity index (χ4v) is 4.15. The Hall–Kier alpha value is -2.18. The molecule has 1 atom stereocenters. The molecule has 1 aromatic heterocycles. The van der Waals surface area contributed by atoms with Gasteiger partial charge in [0.2, 0.25) is 0 Å². The lowest BCUT2D eigenvalue weighted by molar-refractivity contribution is -0.160. The molecule has 0 N–H and O–H groups in total. The predicted molar refractivity (Wildman–Crippen MR) is 109 cm³/mol. The normalized spacial score (nSPS) is 20.2. The fraction of sp³-hybridized carbons (Fsp3) is 0.545. The number of methoxy groups -OCH3 is 1. The van der Waals surface area contributed by atoms with Gasteiger partial charge in [-0.1, -0.05) is 30.3 Å². The van der Waals surface area contributed by atoms with E-state index in [4.69, 9.17) is 9.47 Å². The summed E-state index contributed by atoms with van der Waals surface area (Å²) in [5.74, 6) is -0.0915. The number of ether oxygens (including phenoxy) is 2. The zero-order valence-electron chi connectivity index (χ0n) is 17.2. The number of piperidine rings is 1. The summed E-state index contributed by atoms with van der Waals surface area (Å²) in [4.78, 5) is 15.2. The topological polar surface area (TPSA) is 56.6 Å². The SMILES string of the molecule is CCOC(=O)[C@]1(CCOC)CCCN(Cc2cn(C)nc2-c2ccccc2)C1. The van der Waals surface area contributed by atoms with Gasteiger partial charge in [-0.05, 0) is 32.7 Å². The van der Waals surface area contributed by atoms with Crippen molar-refractivity contribution >= 4 is 5.97 Å². The van der Waals surface area contributed by atoms with Crippen molar-refractivity contribution in [1.29, 1.82) is 0 Å². The van der Waals surface area contributed by atoms with Crippen LogP contribution in [0, 0.1) is 5.41 Å². The van der Waals surface area contributed by atoms with Gasteiger partial charge in [-0.25, -0.2) is 0 Å². The fourth-order valence-electron chi connectivity index (χ4n) is 4.15. The smallest absolute Gasteiger partial charge is 0.313 e. The lowest BCUT2D eigenvalue weighted by atomic mass is 9.77. The predicted octanol–water partition coefficient (Wildman–Crippen LogP) is 3.27. The molecule has 2 aromatic rings. The number of aromatic nitrogens is 2. The van der Waals surface area contributed by atoms with Crippen molar-refractivity contribution in [2.45, 2.75) is 32.7 Å². The molecule has 0 unspecified atom stereocenters. The summed E-state index contributed by atoms with van der Waals surface area (Å²) < 4.78 is 12.6. The van der Waals surface area contributed by atoms with Crippen LogP contribution >= 0.6 is 0 Å². The van der Waals surface area contributed by atoms with Crippen molar-refractivity contribution in [3.05, 3.63) is 42.1 Å². The lowest BCUT2D eigenvalue weighted by Gasteiger charge is -2.41. The second-order valence-electron chi connectivity index (χ2n) is 7.60. The molecule has 0 spiro atoms. The van der Waals surface area contributed by atoms with Crippen molar-refractivity contribution < 1.29 is 14.3 Å². The van der Waals surface area contributed by atoms with E-state index in [-0.39, 0.29) is 5.97 Å². The van der Waals surface area contributed by atoms with Gasteiger partial charge < -0.3 is 9.47 Å². The van der Waals surface area contributed by atoms with Gasteiger partial charge in [0.05, 0.1) is 17.7 Å². The Morgan fingerprint density at radius 1 is 1.29 bits per heavy atom. The van der Waals surface area contributed by atoms with Crippen LogP contribution in [0.25, 0.3) is 11.3 Å². The van der Waals surface area contributed by atoms with Crippen molar-refractivity contribution in [1.82, 2.24) is 14.7 Å². The first-order valence-electron chi connectivity index (χ1n) is 10.0. The van der Waals surface area contributed by atoms with Crippen LogP contribution in [0.3, 0.4) is 0 Å². The molecular weight excluding hydrogens is 354 g/mol. The van der Waals surface area contributed by atoms with E-state index >= 15 is 0 Å². The highest BCUT2D eigenvalue weighted by Gasteiger charge is 2.43. The van der Waals surface area contributed by atoms with Crippen molar-refractivity contribution in [2.24, 2.45) is 12.5 Å². The second-order valence-corrected chi connectivity index (χ2v) is 7.60. The first-order chi connectivity index (χ1) is 13.6. The summed E-state index contributed by atoms with van der Waals surface area (Å²) in [5.41, 5.74) is 2.82. The minimum Gasteiger partial charge on any atom is -0.466 e. The van der Waals surface area contributed by atoms with E-state index in [0.29, 0.717) is 26.2 Å². The second kappa shape index (κ2) is 9.34. The molecule has 0 aliphatic carbocycles. The van der Waals surface area contributed by atoms with Gasteiger partial charge in [0.1, 0.15) is 0 Å². The van der Waals surface area contributed by atoms with Crippen LogP contribution in [0.15, 0.2) is 36.5 Å². The van der Waals surface area contributed by atoms with Crippen molar-refractivity contribution in [3.8, 4) is 11.3 Å². The van der Waals surface area contributed by atoms with Gasteiger partial charge in [0.15, 0.2) is 0 Å². The van der Waals surface area contributed by atoms with Crippen LogP contribution < -0.4 is 0 Å². The Bertz CT molecular complexity index is 775. The molecule has 1 saturated heterocycles. The number of likely N-dealkylation sites (tertiary alicyclic amines) is 1. The maximum atomic E-state index is 12.8. The Balaban J connectivity index is 1.80. The van der Waals surface area contributed by atoms with E-state index in [0.717, 1.165) is 37.2 Å². The summed E-state index contributed by atoms with van der Waals surface area (Å²) in [6.07, 6.45) is 4.60. The number of benzene rings is 1. The molecule has 1 aliphatic rings. The van der Waals surface area contributed by atoms with E-state index in [2.05, 4.69) is 28.3 Å². The van der Waals surface area contributed by atoms with Crippen molar-refractivity contribution in [2.75, 3.05) is 33.4 Å². The van der Waals surface area contributed by atoms with Crippen molar-refractivity contribution in [3.63, 3.8) is 0 Å². The van der Waals surface area contributed by atoms with Crippen LogP contribution in [0.4, 0.5) is 0 Å². The van der Waals surface area contributed by atoms with Crippen LogP contribution in [0.5, 0.6) is 0 Å². The Morgan fingerprint density at radius 3 is 2.79 bits per heavy atom. The average Bonchev–Trinajstić information content (AvgIpc) is 3.07. The highest BCUT2D eigenvalue weighted by atomic mass is 16.5. The molecule has 1 fully saturated rings. The molecule has 6 nitrogen and oxygen atoms in total. The first-order valence-corrected chi connectivity index (χ1v) is 10.0. The summed E-state index contributed by atoms with van der Waals surface area (Å²) in [7, 11) is 3.63. The summed E-state index contributed by atoms with van der Waals surface area (Å²) in [5, 5.41) is 4.68. The molecule has 0 saturated carbocycles. The maximum Gasteiger partial charge on any atom is 0.313 e. The number of rotatable bonds is 8. The number of carbonyl (C=O) groups excluding carboxylic acids is 1. The average molecular weight is 386 g/mol. The molecule has 0 bridgehead atoms. The number of esters is 1. The van der Waals surface area contributed by atoms with Gasteiger partial charge >= 0.3 is 5.97 Å². The van der Waals surface area contributed by atoms with Gasteiger partial charge in [0, 0.05) is 51.2 Å². The summed E-state index contributed by atoms with van der Waals surface area (Å²) in [6.45, 7) is 5.27. The lowest BCUT2D eigenvalue weighted by Crippen LogP contribution is -2.48. The maximum absolute atomic E-state index is 12.8. The Labute approximate surface area is 167 Å². The molecule has 3 rings (SSSR count). The minimum absolute atomic E-state index is 0.0915. The van der Waals surface area contributed by atoms with Crippen LogP contribution in [0.1, 0.15) is 31.7 Å². The molecule has 6 heteroatoms. The quantitative estimate of drug-likeness (QED) is 0.653. The van der Waals surface area contributed by atoms with E-state index in [1.54, 1.807) is 7.11 Å². The van der Waals surface area contributed by atoms with E-state index in [1.807, 2.05) is 36.9 Å². The molecule has 152 valence electrons. The molecule has 2 heterocycles. The number of hydrogen-bond donors (Lipinski definition) is 0. The number of nitrogens with zero attached hydrogens (tertiary/aromatic N) is 3. The summed E-state index contributed by atoms with van der Waals surface area (Å²) >= 11 is 0. The van der Waals surface area contributed by atoms with Gasteiger partial charge in [-0.3, -0.25) is 14.4 Å². The molecule has 0 radical (unpaired) electrons. The van der Waals surface area contributed by atoms with Gasteiger partial charge in [0.25, 0.3) is 0 Å². The monoisotopic (exact) mass is 385 g/mol. The highest BCUT2D eigenvalue weighted by Crippen LogP contribution is 2.36. The third-order valence-electron chi connectivity index (χ3n) is 5.49. The largest absolute Gasteiger partial charge is 0.466 e. The highest BCUT2D eigenvalue weighted by molar-refractivity contribution is 5.77. The minimum atomic E-state index is -0.487. The first kappa shape index (κ1) is 20.6. The van der Waals surface area contributed by atoms with E-state index in [1.165, 1.54) is 5.56 Å². The Kier molecular flexibility index (Phi) is 6.86. The zero-order valence-corrected chi connectivity index (χ0v) is 17.2. The molecule has 0 amide bonds. The Morgan fingerprint density at radius 2 is 2.07 bits per heavy atom. The van der Waals surface area contributed by atoms with Gasteiger partial charge in [-0.2, -0.15) is 5.10 Å².